The van der Waals surface area contributed by atoms with Crippen LogP contribution in [0.4, 0.5) is 0 Å². The van der Waals surface area contributed by atoms with Crippen LogP contribution in [0.1, 0.15) is 33.1 Å². The van der Waals surface area contributed by atoms with E-state index in [0.717, 1.165) is 25.4 Å². The molecule has 0 saturated carbocycles. The van der Waals surface area contributed by atoms with Crippen LogP contribution < -0.4 is 0 Å². The molecule has 0 aliphatic heterocycles. The molecule has 0 radical (unpaired) electrons. The summed E-state index contributed by atoms with van der Waals surface area (Å²) < 4.78 is 8.64. The van der Waals surface area contributed by atoms with Crippen molar-refractivity contribution in [1.82, 2.24) is 0 Å². The maximum atomic E-state index is 10.5. The van der Waals surface area contributed by atoms with Gasteiger partial charge in [-0.15, -0.1) is 0 Å². The average molecular weight is 214 g/mol. The van der Waals surface area contributed by atoms with Crippen LogP contribution in [0, 0.1) is 0 Å². The van der Waals surface area contributed by atoms with Gasteiger partial charge in [0.05, 0.1) is 12.5 Å². The monoisotopic (exact) mass is 214 g/mol. The van der Waals surface area contributed by atoms with Gasteiger partial charge in [0.2, 0.25) is 0 Å². The van der Waals surface area contributed by atoms with Crippen molar-refractivity contribution in [2.24, 2.45) is 0 Å². The molecule has 0 rings (SSSR count). The second-order valence-corrected chi connectivity index (χ2v) is 2.54. The zero-order chi connectivity index (χ0) is 12.1. The summed E-state index contributed by atoms with van der Waals surface area (Å²) in [6.45, 7) is 9.77. The van der Waals surface area contributed by atoms with Crippen LogP contribution in [0.15, 0.2) is 25.7 Å². The van der Waals surface area contributed by atoms with Gasteiger partial charge >= 0.3 is 11.9 Å². The van der Waals surface area contributed by atoms with Crippen LogP contribution in [-0.2, 0) is 19.1 Å². The quantitative estimate of drug-likeness (QED) is 0.521. The van der Waals surface area contributed by atoms with Crippen molar-refractivity contribution in [1.29, 1.82) is 0 Å². The molecule has 0 aromatic carbocycles. The molecule has 86 valence electrons. The normalized spacial score (nSPS) is 7.87. The lowest BCUT2D eigenvalue weighted by atomic mass is 10.3. The topological polar surface area (TPSA) is 52.6 Å². The molecule has 0 N–H and O–H groups in total. The maximum Gasteiger partial charge on any atom is 0.310 e. The molecule has 0 spiro atoms. The van der Waals surface area contributed by atoms with Gasteiger partial charge in [-0.05, 0) is 6.42 Å². The fourth-order valence-corrected chi connectivity index (χ4v) is 0.590. The van der Waals surface area contributed by atoms with E-state index in [0.29, 0.717) is 6.42 Å². The van der Waals surface area contributed by atoms with E-state index < -0.39 is 0 Å². The van der Waals surface area contributed by atoms with Gasteiger partial charge in [-0.2, -0.15) is 0 Å². The molecule has 0 aliphatic carbocycles. The fourth-order valence-electron chi connectivity index (χ4n) is 0.590. The van der Waals surface area contributed by atoms with Crippen molar-refractivity contribution in [2.45, 2.75) is 33.1 Å². The summed E-state index contributed by atoms with van der Waals surface area (Å²) in [5.74, 6) is -0.517. The molecule has 0 fully saturated rings. The summed E-state index contributed by atoms with van der Waals surface area (Å²) in [5.41, 5.74) is 0. The summed E-state index contributed by atoms with van der Waals surface area (Å²) in [4.78, 5) is 20.3. The van der Waals surface area contributed by atoms with Gasteiger partial charge in [0.25, 0.3) is 0 Å². The largest absolute Gasteiger partial charge is 0.435 e. The lowest BCUT2D eigenvalue weighted by Crippen LogP contribution is -1.97. The Morgan fingerprint density at radius 3 is 2.00 bits per heavy atom. The molecule has 0 aromatic heterocycles. The molecule has 0 bridgehead atoms. The molecular weight excluding hydrogens is 196 g/mol. The molecule has 15 heavy (non-hydrogen) atoms. The second-order valence-electron chi connectivity index (χ2n) is 2.54. The molecule has 0 aromatic rings. The summed E-state index contributed by atoms with van der Waals surface area (Å²) in [6.07, 6.45) is 4.68. The lowest BCUT2D eigenvalue weighted by Gasteiger charge is -1.94. The zero-order valence-corrected chi connectivity index (χ0v) is 9.32. The number of esters is 2. The van der Waals surface area contributed by atoms with Gasteiger partial charge in [-0.1, -0.05) is 26.5 Å². The molecular formula is C11H18O4. The Balaban J connectivity index is 0. The van der Waals surface area contributed by atoms with Crippen LogP contribution in [0.25, 0.3) is 0 Å². The molecule has 0 amide bonds. The van der Waals surface area contributed by atoms with E-state index in [9.17, 15) is 9.59 Å². The first-order valence-corrected chi connectivity index (χ1v) is 4.67. The number of hydrogen-bond acceptors (Lipinski definition) is 4. The van der Waals surface area contributed by atoms with E-state index in [1.165, 1.54) is 6.92 Å². The van der Waals surface area contributed by atoms with E-state index in [1.54, 1.807) is 0 Å². The second kappa shape index (κ2) is 12.4. The van der Waals surface area contributed by atoms with Gasteiger partial charge < -0.3 is 9.47 Å². The lowest BCUT2D eigenvalue weighted by molar-refractivity contribution is -0.138. The van der Waals surface area contributed by atoms with E-state index in [4.69, 9.17) is 0 Å². The highest BCUT2D eigenvalue weighted by molar-refractivity contribution is 5.69. The average Bonchev–Trinajstić information content (AvgIpc) is 2.16. The van der Waals surface area contributed by atoms with E-state index >= 15 is 0 Å². The Bertz CT molecular complexity index is 209. The Kier molecular flexibility index (Phi) is 13.1. The van der Waals surface area contributed by atoms with Crippen molar-refractivity contribution in [3.05, 3.63) is 25.7 Å². The number of hydrogen-bond donors (Lipinski definition) is 0. The number of unbranched alkanes of at least 4 members (excludes halogenated alkanes) is 1. The Hall–Kier alpha value is -1.58. The molecule has 0 atom stereocenters. The van der Waals surface area contributed by atoms with Gasteiger partial charge in [0.1, 0.15) is 0 Å². The van der Waals surface area contributed by atoms with Crippen molar-refractivity contribution < 1.29 is 19.1 Å². The molecule has 4 heteroatoms. The molecule has 0 heterocycles. The van der Waals surface area contributed by atoms with E-state index in [2.05, 4.69) is 22.6 Å². The van der Waals surface area contributed by atoms with Gasteiger partial charge in [-0.25, -0.2) is 0 Å². The van der Waals surface area contributed by atoms with Crippen molar-refractivity contribution in [3.8, 4) is 0 Å². The molecule has 4 nitrogen and oxygen atoms in total. The van der Waals surface area contributed by atoms with E-state index in [1.807, 2.05) is 6.92 Å². The number of carbonyl (C=O) groups is 2. The number of ether oxygens (including phenoxy) is 2. The van der Waals surface area contributed by atoms with Gasteiger partial charge in [0.15, 0.2) is 0 Å². The third kappa shape index (κ3) is 19.0. The van der Waals surface area contributed by atoms with Crippen molar-refractivity contribution in [3.63, 3.8) is 0 Å². The number of carbonyl (C=O) groups excluding carboxylic acids is 2. The summed E-state index contributed by atoms with van der Waals surface area (Å²) in [6, 6.07) is 0. The smallest absolute Gasteiger partial charge is 0.310 e. The minimum atomic E-state index is -0.329. The number of rotatable bonds is 5. The third-order valence-corrected chi connectivity index (χ3v) is 1.20. The summed E-state index contributed by atoms with van der Waals surface area (Å²) in [5, 5.41) is 0. The fraction of sp³-hybridized carbons (Fsp3) is 0.455. The van der Waals surface area contributed by atoms with Crippen molar-refractivity contribution in [2.75, 3.05) is 0 Å². The van der Waals surface area contributed by atoms with Crippen molar-refractivity contribution >= 4 is 11.9 Å². The molecule has 0 aliphatic rings. The van der Waals surface area contributed by atoms with Crippen LogP contribution in [-0.4, -0.2) is 11.9 Å². The minimum Gasteiger partial charge on any atom is -0.435 e. The summed E-state index contributed by atoms with van der Waals surface area (Å²) in [7, 11) is 0. The summed E-state index contributed by atoms with van der Waals surface area (Å²) >= 11 is 0. The maximum absolute atomic E-state index is 10.5. The van der Waals surface area contributed by atoms with Crippen LogP contribution in [0.3, 0.4) is 0 Å². The predicted octanol–water partition coefficient (Wildman–Crippen LogP) is 2.56. The first-order chi connectivity index (χ1) is 7.08. The first-order valence-electron chi connectivity index (χ1n) is 4.67. The van der Waals surface area contributed by atoms with Crippen LogP contribution in [0.2, 0.25) is 0 Å². The Morgan fingerprint density at radius 2 is 1.73 bits per heavy atom. The third-order valence-electron chi connectivity index (χ3n) is 1.20. The highest BCUT2D eigenvalue weighted by atomic mass is 16.5. The van der Waals surface area contributed by atoms with E-state index in [-0.39, 0.29) is 11.9 Å². The predicted molar refractivity (Wildman–Crippen MR) is 57.8 cm³/mol. The molecule has 0 unspecified atom stereocenters. The zero-order valence-electron chi connectivity index (χ0n) is 9.32. The van der Waals surface area contributed by atoms with Crippen LogP contribution in [0.5, 0.6) is 0 Å². The first kappa shape index (κ1) is 15.9. The van der Waals surface area contributed by atoms with Crippen LogP contribution >= 0.6 is 0 Å². The molecule has 0 saturated heterocycles. The Labute approximate surface area is 90.6 Å². The van der Waals surface area contributed by atoms with Gasteiger partial charge in [0, 0.05) is 13.3 Å². The minimum absolute atomic E-state index is 0.188. The Morgan fingerprint density at radius 1 is 1.20 bits per heavy atom. The highest BCUT2D eigenvalue weighted by Gasteiger charge is 1.96. The van der Waals surface area contributed by atoms with Gasteiger partial charge in [-0.3, -0.25) is 9.59 Å². The standard InChI is InChI=1S/C7H12O2.C4H6O2/c1-3-5-6-7(8)9-4-2;1-3-6-4(2)5/h4H,2-3,5-6H2,1H3;3H,1H2,2H3. The highest BCUT2D eigenvalue weighted by Crippen LogP contribution is 1.95. The SMILES string of the molecule is C=COC(=O)CCCC.C=COC(C)=O.